The molecule has 3 heterocycles. The molecule has 1 unspecified atom stereocenters. The highest BCUT2D eigenvalue weighted by Crippen LogP contribution is 2.37. The molecule has 3 amide bonds. The lowest BCUT2D eigenvalue weighted by molar-refractivity contribution is -0.275. The number of hydrogen-bond acceptors (Lipinski definition) is 7. The van der Waals surface area contributed by atoms with Crippen LogP contribution in [0.15, 0.2) is 41.3 Å². The number of sulfonamides is 1. The molecule has 1 atom stereocenters. The smallest absolute Gasteiger partial charge is 0.404 e. The van der Waals surface area contributed by atoms with E-state index >= 15 is 0 Å². The van der Waals surface area contributed by atoms with Crippen LogP contribution in [0, 0.1) is 5.82 Å². The van der Waals surface area contributed by atoms with Gasteiger partial charge in [-0.05, 0) is 30.7 Å². The monoisotopic (exact) mass is 570 g/mol. The highest BCUT2D eigenvalue weighted by atomic mass is 32.2. The summed E-state index contributed by atoms with van der Waals surface area (Å²) in [6.45, 7) is -0.137. The minimum Gasteiger partial charge on any atom is -0.404 e. The zero-order valence-electron chi connectivity index (χ0n) is 20.2. The van der Waals surface area contributed by atoms with Crippen LogP contribution in [-0.2, 0) is 26.2 Å². The molecular weight excluding hydrogens is 548 g/mol. The van der Waals surface area contributed by atoms with Crippen molar-refractivity contribution in [2.75, 3.05) is 31.1 Å². The Hall–Kier alpha value is -3.72. The SMILES string of the molecule is O=C1CCC(N2Cc3c(cc(F)cc3N3CCN(S(=O)(=O)c4ccccc4OC(F)(F)F)CC3)C2=O)C(=O)N1. The first-order chi connectivity index (χ1) is 18.3. The van der Waals surface area contributed by atoms with Gasteiger partial charge >= 0.3 is 6.36 Å². The molecule has 0 spiro atoms. The topological polar surface area (TPSA) is 116 Å². The number of amides is 3. The van der Waals surface area contributed by atoms with Crippen LogP contribution < -0.4 is 15.0 Å². The summed E-state index contributed by atoms with van der Waals surface area (Å²) in [6.07, 6.45) is -4.88. The van der Waals surface area contributed by atoms with Gasteiger partial charge in [-0.25, -0.2) is 12.8 Å². The Balaban J connectivity index is 1.35. The van der Waals surface area contributed by atoms with Crippen molar-refractivity contribution in [3.05, 3.63) is 53.3 Å². The van der Waals surface area contributed by atoms with Crippen molar-refractivity contribution in [3.63, 3.8) is 0 Å². The molecule has 0 radical (unpaired) electrons. The second kappa shape index (κ2) is 9.79. The number of carbonyl (C=O) groups excluding carboxylic acids is 3. The van der Waals surface area contributed by atoms with Crippen LogP contribution in [0.2, 0.25) is 0 Å². The van der Waals surface area contributed by atoms with Gasteiger partial charge in [0.2, 0.25) is 21.8 Å². The number of halogens is 4. The minimum absolute atomic E-state index is 0.00325. The highest BCUT2D eigenvalue weighted by molar-refractivity contribution is 7.89. The number of para-hydroxylation sites is 1. The predicted molar refractivity (Wildman–Crippen MR) is 127 cm³/mol. The zero-order valence-corrected chi connectivity index (χ0v) is 21.0. The molecule has 2 saturated heterocycles. The van der Waals surface area contributed by atoms with E-state index in [2.05, 4.69) is 10.1 Å². The number of anilines is 1. The zero-order chi connectivity index (χ0) is 28.1. The molecule has 2 aromatic rings. The third-order valence-electron chi connectivity index (χ3n) is 6.87. The van der Waals surface area contributed by atoms with Crippen molar-refractivity contribution < 1.29 is 45.1 Å². The summed E-state index contributed by atoms with van der Waals surface area (Å²) < 4.78 is 84.3. The lowest BCUT2D eigenvalue weighted by Crippen LogP contribution is -2.52. The number of hydrogen-bond donors (Lipinski definition) is 1. The normalized spacial score (nSPS) is 20.7. The molecule has 39 heavy (non-hydrogen) atoms. The van der Waals surface area contributed by atoms with Gasteiger partial charge in [0.25, 0.3) is 5.91 Å². The molecule has 0 bridgehead atoms. The number of carbonyl (C=O) groups is 3. The van der Waals surface area contributed by atoms with Gasteiger partial charge in [0.15, 0.2) is 0 Å². The van der Waals surface area contributed by atoms with Crippen LogP contribution in [0.25, 0.3) is 0 Å². The van der Waals surface area contributed by atoms with Gasteiger partial charge in [-0.2, -0.15) is 4.31 Å². The second-order valence-corrected chi connectivity index (χ2v) is 11.1. The van der Waals surface area contributed by atoms with E-state index in [0.29, 0.717) is 11.3 Å². The van der Waals surface area contributed by atoms with Gasteiger partial charge in [0.05, 0.1) is 0 Å². The maximum Gasteiger partial charge on any atom is 0.573 e. The molecule has 10 nitrogen and oxygen atoms in total. The van der Waals surface area contributed by atoms with E-state index in [1.54, 1.807) is 4.90 Å². The maximum atomic E-state index is 14.6. The molecule has 1 N–H and O–H groups in total. The Morgan fingerprint density at radius 1 is 1.00 bits per heavy atom. The van der Waals surface area contributed by atoms with E-state index in [9.17, 15) is 40.4 Å². The summed E-state index contributed by atoms with van der Waals surface area (Å²) in [5.74, 6) is -3.14. The minimum atomic E-state index is -5.08. The van der Waals surface area contributed by atoms with E-state index in [1.807, 2.05) is 0 Å². The lowest BCUT2D eigenvalue weighted by atomic mass is 10.0. The standard InChI is InChI=1S/C24H22F4N4O6S/c25-14-11-15-16(13-32(23(15)35)17-5-6-21(33)29-22(17)34)18(12-14)30-7-9-31(10-8-30)39(36,37)20-4-2-1-3-19(20)38-24(26,27)28/h1-4,11-12,17H,5-10,13H2,(H,29,33,34). The fourth-order valence-electron chi connectivity index (χ4n) is 5.07. The molecule has 2 aromatic carbocycles. The van der Waals surface area contributed by atoms with Gasteiger partial charge in [0.1, 0.15) is 22.5 Å². The summed E-state index contributed by atoms with van der Waals surface area (Å²) >= 11 is 0. The molecule has 3 aliphatic heterocycles. The van der Waals surface area contributed by atoms with E-state index in [1.165, 1.54) is 23.1 Å². The number of benzene rings is 2. The first kappa shape index (κ1) is 26.9. The average molecular weight is 571 g/mol. The van der Waals surface area contributed by atoms with Crippen molar-refractivity contribution >= 4 is 33.4 Å². The number of piperidine rings is 1. The van der Waals surface area contributed by atoms with Crippen LogP contribution >= 0.6 is 0 Å². The number of piperazine rings is 1. The molecule has 5 rings (SSSR count). The summed E-state index contributed by atoms with van der Waals surface area (Å²) in [7, 11) is -4.36. The van der Waals surface area contributed by atoms with Gasteiger partial charge < -0.3 is 14.5 Å². The molecule has 3 aliphatic rings. The Morgan fingerprint density at radius 2 is 1.69 bits per heavy atom. The Bertz CT molecular complexity index is 1460. The molecule has 2 fully saturated rings. The van der Waals surface area contributed by atoms with Crippen molar-refractivity contribution in [2.45, 2.75) is 36.7 Å². The molecular formula is C24H22F4N4O6S. The van der Waals surface area contributed by atoms with Crippen LogP contribution in [0.3, 0.4) is 0 Å². The number of fused-ring (bicyclic) bond motifs is 1. The second-order valence-electron chi connectivity index (χ2n) is 9.24. The van der Waals surface area contributed by atoms with Crippen LogP contribution in [-0.4, -0.2) is 73.9 Å². The molecule has 208 valence electrons. The molecule has 0 aliphatic carbocycles. The predicted octanol–water partition coefficient (Wildman–Crippen LogP) is 2.00. The summed E-state index contributed by atoms with van der Waals surface area (Å²) in [4.78, 5) is 39.3. The van der Waals surface area contributed by atoms with E-state index in [4.69, 9.17) is 0 Å². The number of imide groups is 1. The van der Waals surface area contributed by atoms with Crippen LogP contribution in [0.4, 0.5) is 23.2 Å². The highest BCUT2D eigenvalue weighted by Gasteiger charge is 2.42. The van der Waals surface area contributed by atoms with Gasteiger partial charge in [-0.3, -0.25) is 19.7 Å². The van der Waals surface area contributed by atoms with Crippen molar-refractivity contribution in [1.82, 2.24) is 14.5 Å². The Labute approximate surface area is 220 Å². The lowest BCUT2D eigenvalue weighted by Gasteiger charge is -2.36. The van der Waals surface area contributed by atoms with Crippen molar-refractivity contribution in [3.8, 4) is 5.75 Å². The summed E-state index contributed by atoms with van der Waals surface area (Å²) in [5.41, 5.74) is 0.889. The Morgan fingerprint density at radius 3 is 2.36 bits per heavy atom. The maximum absolute atomic E-state index is 14.6. The van der Waals surface area contributed by atoms with Crippen molar-refractivity contribution in [2.24, 2.45) is 0 Å². The number of nitrogens with zero attached hydrogens (tertiary/aromatic N) is 3. The van der Waals surface area contributed by atoms with Gasteiger partial charge in [-0.15, -0.1) is 13.2 Å². The largest absolute Gasteiger partial charge is 0.573 e. The number of ether oxygens (including phenoxy) is 1. The van der Waals surface area contributed by atoms with Crippen molar-refractivity contribution in [1.29, 1.82) is 0 Å². The van der Waals surface area contributed by atoms with E-state index in [-0.39, 0.29) is 51.1 Å². The molecule has 0 saturated carbocycles. The third kappa shape index (κ3) is 5.15. The quantitative estimate of drug-likeness (QED) is 0.432. The fraction of sp³-hybridized carbons (Fsp3) is 0.375. The summed E-state index contributed by atoms with van der Waals surface area (Å²) in [5, 5.41) is 2.20. The average Bonchev–Trinajstić information content (AvgIpc) is 3.19. The Kier molecular flexibility index (Phi) is 6.74. The van der Waals surface area contributed by atoms with Crippen LogP contribution in [0.5, 0.6) is 5.75 Å². The number of nitrogens with one attached hydrogen (secondary N) is 1. The van der Waals surface area contributed by atoms with Crippen LogP contribution in [0.1, 0.15) is 28.8 Å². The van der Waals surface area contributed by atoms with Gasteiger partial charge in [0, 0.05) is 56.0 Å². The molecule has 0 aromatic heterocycles. The van der Waals surface area contributed by atoms with Gasteiger partial charge in [-0.1, -0.05) is 12.1 Å². The third-order valence-corrected chi connectivity index (χ3v) is 8.81. The first-order valence-electron chi connectivity index (χ1n) is 11.9. The first-order valence-corrected chi connectivity index (χ1v) is 13.4. The summed E-state index contributed by atoms with van der Waals surface area (Å²) in [6, 6.07) is 5.85. The fourth-order valence-corrected chi connectivity index (χ4v) is 6.61. The molecule has 15 heteroatoms. The van der Waals surface area contributed by atoms with E-state index in [0.717, 1.165) is 22.5 Å². The van der Waals surface area contributed by atoms with E-state index < -0.39 is 56.6 Å². The number of rotatable bonds is 5. The number of alkyl halides is 3.